The zero-order chi connectivity index (χ0) is 15.6. The van der Waals surface area contributed by atoms with Crippen molar-refractivity contribution in [2.45, 2.75) is 14.7 Å². The van der Waals surface area contributed by atoms with Crippen molar-refractivity contribution in [3.05, 3.63) is 52.6 Å². The molecule has 2 aromatic carbocycles. The second-order valence-electron chi connectivity index (χ2n) is 4.23. The van der Waals surface area contributed by atoms with E-state index >= 15 is 0 Å². The maximum atomic E-state index is 11.5. The summed E-state index contributed by atoms with van der Waals surface area (Å²) in [6, 6.07) is 10.1. The van der Waals surface area contributed by atoms with Crippen LogP contribution in [0.5, 0.6) is 5.75 Å². The van der Waals surface area contributed by atoms with E-state index in [1.807, 2.05) is 0 Å². The number of benzene rings is 2. The zero-order valence-corrected chi connectivity index (χ0v) is 12.5. The van der Waals surface area contributed by atoms with Gasteiger partial charge < -0.3 is 5.11 Å². The van der Waals surface area contributed by atoms with Gasteiger partial charge in [0.2, 0.25) is 0 Å². The highest BCUT2D eigenvalue weighted by Gasteiger charge is 2.20. The van der Waals surface area contributed by atoms with E-state index in [-0.39, 0.29) is 21.2 Å². The van der Waals surface area contributed by atoms with Crippen LogP contribution in [0, 0.1) is 10.1 Å². The van der Waals surface area contributed by atoms with Crippen LogP contribution < -0.4 is 0 Å². The molecular weight excluding hydrogens is 314 g/mol. The number of para-hydroxylation sites is 1. The molecule has 0 amide bonds. The lowest BCUT2D eigenvalue weighted by Crippen LogP contribution is -1.99. The molecule has 0 radical (unpaired) electrons. The van der Waals surface area contributed by atoms with Crippen LogP contribution >= 0.6 is 11.8 Å². The summed E-state index contributed by atoms with van der Waals surface area (Å²) in [7, 11) is -3.52. The summed E-state index contributed by atoms with van der Waals surface area (Å²) >= 11 is 1.00. The predicted octanol–water partition coefficient (Wildman–Crippen LogP) is 2.86. The molecule has 2 aromatic rings. The number of hydrogen-bond acceptors (Lipinski definition) is 6. The third-order valence-corrected chi connectivity index (χ3v) is 4.88. The average molecular weight is 325 g/mol. The van der Waals surface area contributed by atoms with Crippen molar-refractivity contribution >= 4 is 27.3 Å². The summed E-state index contributed by atoms with van der Waals surface area (Å²) < 4.78 is 22.9. The Morgan fingerprint density at radius 1 is 1.14 bits per heavy atom. The molecule has 0 fully saturated rings. The van der Waals surface area contributed by atoms with Crippen LogP contribution in [0.25, 0.3) is 0 Å². The topological polar surface area (TPSA) is 97.5 Å². The molecule has 0 aromatic heterocycles. The fourth-order valence-electron chi connectivity index (χ4n) is 1.62. The quantitative estimate of drug-likeness (QED) is 0.685. The zero-order valence-electron chi connectivity index (χ0n) is 10.9. The smallest absolute Gasteiger partial charge is 0.284 e. The summed E-state index contributed by atoms with van der Waals surface area (Å²) in [5, 5.41) is 20.8. The molecule has 8 heteroatoms. The first-order valence-corrected chi connectivity index (χ1v) is 8.44. The van der Waals surface area contributed by atoms with E-state index in [4.69, 9.17) is 0 Å². The minimum Gasteiger partial charge on any atom is -0.507 e. The van der Waals surface area contributed by atoms with Gasteiger partial charge >= 0.3 is 0 Å². The predicted molar refractivity (Wildman–Crippen MR) is 78.4 cm³/mol. The second kappa shape index (κ2) is 5.74. The van der Waals surface area contributed by atoms with E-state index in [9.17, 15) is 23.6 Å². The SMILES string of the molecule is CS(=O)(=O)c1ccc(Sc2ccccc2O)c([N+](=O)[O-])c1. The summed E-state index contributed by atoms with van der Waals surface area (Å²) in [4.78, 5) is 11.1. The Hall–Kier alpha value is -2.06. The van der Waals surface area contributed by atoms with Gasteiger partial charge in [0, 0.05) is 12.3 Å². The standard InChI is InChI=1S/C13H11NO5S2/c1-21(18,19)9-6-7-12(10(8-9)14(16)17)20-13-5-3-2-4-11(13)15/h2-8,15H,1H3. The minimum absolute atomic E-state index is 0.00369. The summed E-state index contributed by atoms with van der Waals surface area (Å²) in [5.41, 5.74) is -0.314. The highest BCUT2D eigenvalue weighted by molar-refractivity contribution is 7.99. The Morgan fingerprint density at radius 3 is 2.38 bits per heavy atom. The van der Waals surface area contributed by atoms with E-state index < -0.39 is 14.8 Å². The normalized spacial score (nSPS) is 11.3. The van der Waals surface area contributed by atoms with Crippen LogP contribution in [-0.2, 0) is 9.84 Å². The molecule has 21 heavy (non-hydrogen) atoms. The number of nitro groups is 1. The molecule has 0 spiro atoms. The van der Waals surface area contributed by atoms with Gasteiger partial charge in [-0.15, -0.1) is 0 Å². The first-order chi connectivity index (χ1) is 9.79. The van der Waals surface area contributed by atoms with E-state index in [0.29, 0.717) is 4.90 Å². The van der Waals surface area contributed by atoms with Gasteiger partial charge in [-0.25, -0.2) is 8.42 Å². The highest BCUT2D eigenvalue weighted by Crippen LogP contribution is 2.39. The molecule has 0 unspecified atom stereocenters. The molecule has 0 bridgehead atoms. The molecule has 2 rings (SSSR count). The number of aromatic hydroxyl groups is 1. The van der Waals surface area contributed by atoms with Crippen LogP contribution in [0.4, 0.5) is 5.69 Å². The molecule has 0 saturated carbocycles. The van der Waals surface area contributed by atoms with Crippen molar-refractivity contribution in [1.82, 2.24) is 0 Å². The summed E-state index contributed by atoms with van der Waals surface area (Å²) in [5.74, 6) is 0.00369. The third-order valence-electron chi connectivity index (χ3n) is 2.64. The van der Waals surface area contributed by atoms with Crippen molar-refractivity contribution < 1.29 is 18.4 Å². The fraction of sp³-hybridized carbons (Fsp3) is 0.0769. The molecule has 0 aliphatic heterocycles. The summed E-state index contributed by atoms with van der Waals surface area (Å²) in [6.07, 6.45) is 0.988. The van der Waals surface area contributed by atoms with Crippen molar-refractivity contribution in [2.75, 3.05) is 6.26 Å². The molecule has 6 nitrogen and oxygen atoms in total. The van der Waals surface area contributed by atoms with Crippen LogP contribution in [-0.4, -0.2) is 24.7 Å². The Bertz CT molecular complexity index is 802. The van der Waals surface area contributed by atoms with Crippen LogP contribution in [0.3, 0.4) is 0 Å². The fourth-order valence-corrected chi connectivity index (χ4v) is 3.19. The largest absolute Gasteiger partial charge is 0.507 e. The maximum absolute atomic E-state index is 11.5. The number of nitrogens with zero attached hydrogens (tertiary/aromatic N) is 1. The van der Waals surface area contributed by atoms with E-state index in [0.717, 1.165) is 24.1 Å². The van der Waals surface area contributed by atoms with Gasteiger partial charge in [-0.3, -0.25) is 10.1 Å². The van der Waals surface area contributed by atoms with Crippen LogP contribution in [0.1, 0.15) is 0 Å². The van der Waals surface area contributed by atoms with Gasteiger partial charge in [0.05, 0.1) is 19.6 Å². The van der Waals surface area contributed by atoms with Gasteiger partial charge in [-0.1, -0.05) is 23.9 Å². The van der Waals surface area contributed by atoms with Crippen molar-refractivity contribution in [3.8, 4) is 5.75 Å². The van der Waals surface area contributed by atoms with Gasteiger partial charge in [0.1, 0.15) is 5.75 Å². The van der Waals surface area contributed by atoms with E-state index in [1.165, 1.54) is 18.2 Å². The Balaban J connectivity index is 2.50. The average Bonchev–Trinajstić information content (AvgIpc) is 2.40. The lowest BCUT2D eigenvalue weighted by Gasteiger charge is -2.06. The van der Waals surface area contributed by atoms with Crippen LogP contribution in [0.15, 0.2) is 57.2 Å². The third kappa shape index (κ3) is 3.53. The van der Waals surface area contributed by atoms with Gasteiger partial charge in [-0.05, 0) is 24.3 Å². The van der Waals surface area contributed by atoms with Gasteiger partial charge in [-0.2, -0.15) is 0 Å². The molecule has 0 atom stereocenters. The highest BCUT2D eigenvalue weighted by atomic mass is 32.2. The number of sulfone groups is 1. The minimum atomic E-state index is -3.52. The van der Waals surface area contributed by atoms with Crippen molar-refractivity contribution in [1.29, 1.82) is 0 Å². The molecule has 0 saturated heterocycles. The molecule has 1 N–H and O–H groups in total. The number of hydrogen-bond donors (Lipinski definition) is 1. The monoisotopic (exact) mass is 325 g/mol. The Labute approximate surface area is 125 Å². The van der Waals surface area contributed by atoms with E-state index in [2.05, 4.69) is 0 Å². The van der Waals surface area contributed by atoms with Gasteiger partial charge in [0.15, 0.2) is 9.84 Å². The lowest BCUT2D eigenvalue weighted by molar-refractivity contribution is -0.388. The molecular formula is C13H11NO5S2. The molecule has 0 aliphatic carbocycles. The Morgan fingerprint density at radius 2 is 1.81 bits per heavy atom. The number of phenols is 1. The number of nitro benzene ring substituents is 1. The van der Waals surface area contributed by atoms with Crippen molar-refractivity contribution in [3.63, 3.8) is 0 Å². The first-order valence-electron chi connectivity index (χ1n) is 5.73. The lowest BCUT2D eigenvalue weighted by atomic mass is 10.3. The molecule has 0 aliphatic rings. The number of phenolic OH excluding ortho intramolecular Hbond substituents is 1. The maximum Gasteiger partial charge on any atom is 0.284 e. The molecule has 0 heterocycles. The van der Waals surface area contributed by atoms with Gasteiger partial charge in [0.25, 0.3) is 5.69 Å². The summed E-state index contributed by atoms with van der Waals surface area (Å²) in [6.45, 7) is 0. The van der Waals surface area contributed by atoms with Crippen molar-refractivity contribution in [2.24, 2.45) is 0 Å². The van der Waals surface area contributed by atoms with E-state index in [1.54, 1.807) is 18.2 Å². The Kier molecular flexibility index (Phi) is 4.19. The first kappa shape index (κ1) is 15.3. The molecule has 110 valence electrons. The second-order valence-corrected chi connectivity index (χ2v) is 7.33. The van der Waals surface area contributed by atoms with Crippen LogP contribution in [0.2, 0.25) is 0 Å². The number of rotatable bonds is 4.